The fourth-order valence-electron chi connectivity index (χ4n) is 4.15. The first-order valence-electron chi connectivity index (χ1n) is 10.9. The molecule has 160 valence electrons. The summed E-state index contributed by atoms with van der Waals surface area (Å²) in [5, 5.41) is 3.09. The van der Waals surface area contributed by atoms with E-state index < -0.39 is 0 Å². The molecule has 1 N–H and O–H groups in total. The second-order valence-electron chi connectivity index (χ2n) is 8.07. The van der Waals surface area contributed by atoms with Crippen molar-refractivity contribution in [3.8, 4) is 11.5 Å². The molecule has 3 aromatic carbocycles. The van der Waals surface area contributed by atoms with E-state index >= 15 is 0 Å². The van der Waals surface area contributed by atoms with Gasteiger partial charge in [-0.1, -0.05) is 66.7 Å². The van der Waals surface area contributed by atoms with Crippen LogP contribution in [0.1, 0.15) is 42.0 Å². The van der Waals surface area contributed by atoms with Gasteiger partial charge in [0.1, 0.15) is 13.2 Å². The molecule has 1 amide bonds. The van der Waals surface area contributed by atoms with Crippen LogP contribution in [0.3, 0.4) is 0 Å². The Morgan fingerprint density at radius 2 is 1.55 bits per heavy atom. The van der Waals surface area contributed by atoms with Crippen LogP contribution in [0.4, 0.5) is 0 Å². The topological polar surface area (TPSA) is 47.6 Å². The molecular weight excluding hydrogens is 386 g/mol. The summed E-state index contributed by atoms with van der Waals surface area (Å²) in [5.41, 5.74) is 4.68. The highest BCUT2D eigenvalue weighted by atomic mass is 16.5. The number of nitrogens with one attached hydrogen (secondary N) is 1. The van der Waals surface area contributed by atoms with Gasteiger partial charge in [0.05, 0.1) is 0 Å². The summed E-state index contributed by atoms with van der Waals surface area (Å²) >= 11 is 0. The number of ether oxygens (including phenoxy) is 2. The van der Waals surface area contributed by atoms with Gasteiger partial charge in [-0.25, -0.2) is 0 Å². The second-order valence-corrected chi connectivity index (χ2v) is 8.07. The van der Waals surface area contributed by atoms with E-state index in [0.29, 0.717) is 13.2 Å². The molecule has 3 aromatic rings. The molecule has 0 aliphatic heterocycles. The maximum absolute atomic E-state index is 11.6. The van der Waals surface area contributed by atoms with Gasteiger partial charge in [0.2, 0.25) is 5.91 Å². The van der Waals surface area contributed by atoms with Gasteiger partial charge in [-0.3, -0.25) is 4.79 Å². The number of amides is 1. The summed E-state index contributed by atoms with van der Waals surface area (Å²) in [4.78, 5) is 11.6. The molecular formula is C27H29NO3. The van der Waals surface area contributed by atoms with Crippen LogP contribution in [-0.4, -0.2) is 11.9 Å². The molecule has 0 aromatic heterocycles. The lowest BCUT2D eigenvalue weighted by atomic mass is 10.00. The highest BCUT2D eigenvalue weighted by molar-refractivity contribution is 5.73. The molecule has 4 nitrogen and oxygen atoms in total. The van der Waals surface area contributed by atoms with Gasteiger partial charge in [0, 0.05) is 18.5 Å². The molecule has 1 aliphatic carbocycles. The fourth-order valence-corrected chi connectivity index (χ4v) is 4.15. The van der Waals surface area contributed by atoms with Gasteiger partial charge in [-0.15, -0.1) is 0 Å². The van der Waals surface area contributed by atoms with E-state index in [9.17, 15) is 4.79 Å². The average molecular weight is 416 g/mol. The molecule has 0 radical (unpaired) electrons. The maximum atomic E-state index is 11.6. The van der Waals surface area contributed by atoms with Crippen molar-refractivity contribution < 1.29 is 14.3 Å². The highest BCUT2D eigenvalue weighted by Gasteiger charge is 2.23. The minimum atomic E-state index is 0.0248. The van der Waals surface area contributed by atoms with Crippen LogP contribution in [0.2, 0.25) is 0 Å². The zero-order valence-corrected chi connectivity index (χ0v) is 18.0. The van der Waals surface area contributed by atoms with Crippen molar-refractivity contribution >= 4 is 5.91 Å². The zero-order chi connectivity index (χ0) is 21.5. The molecule has 0 saturated heterocycles. The third-order valence-corrected chi connectivity index (χ3v) is 5.64. The first-order chi connectivity index (χ1) is 15.2. The van der Waals surface area contributed by atoms with E-state index in [2.05, 4.69) is 35.6 Å². The van der Waals surface area contributed by atoms with Crippen LogP contribution in [0.5, 0.6) is 11.5 Å². The van der Waals surface area contributed by atoms with Crippen LogP contribution in [-0.2, 0) is 30.8 Å². The summed E-state index contributed by atoms with van der Waals surface area (Å²) in [6.45, 7) is 2.57. The number of fused-ring (bicyclic) bond motifs is 1. The van der Waals surface area contributed by atoms with Crippen molar-refractivity contribution in [2.45, 2.75) is 51.9 Å². The lowest BCUT2D eigenvalue weighted by Crippen LogP contribution is -2.34. The first kappa shape index (κ1) is 21.0. The summed E-state index contributed by atoms with van der Waals surface area (Å²) < 4.78 is 12.6. The molecule has 1 atom stereocenters. The second kappa shape index (κ2) is 10.2. The van der Waals surface area contributed by atoms with Crippen LogP contribution in [0, 0.1) is 0 Å². The smallest absolute Gasteiger partial charge is 0.217 e. The minimum Gasteiger partial charge on any atom is -0.485 e. The molecule has 0 heterocycles. The van der Waals surface area contributed by atoms with Gasteiger partial charge < -0.3 is 14.8 Å². The lowest BCUT2D eigenvalue weighted by Gasteiger charge is -2.20. The van der Waals surface area contributed by atoms with E-state index in [1.54, 1.807) is 6.92 Å². The Labute approximate surface area is 184 Å². The van der Waals surface area contributed by atoms with Crippen molar-refractivity contribution in [3.05, 3.63) is 95.1 Å². The van der Waals surface area contributed by atoms with E-state index in [-0.39, 0.29) is 11.9 Å². The van der Waals surface area contributed by atoms with Crippen LogP contribution < -0.4 is 14.8 Å². The molecule has 1 aliphatic rings. The molecule has 0 spiro atoms. The Hall–Kier alpha value is -3.27. The minimum absolute atomic E-state index is 0.0248. The number of carbonyl (C=O) groups is 1. The molecule has 1 unspecified atom stereocenters. The van der Waals surface area contributed by atoms with Gasteiger partial charge in [-0.2, -0.15) is 0 Å². The summed E-state index contributed by atoms with van der Waals surface area (Å²) in [6, 6.07) is 24.7. The highest BCUT2D eigenvalue weighted by Crippen LogP contribution is 2.38. The summed E-state index contributed by atoms with van der Waals surface area (Å²) in [6.07, 6.45) is 3.70. The molecule has 0 fully saturated rings. The zero-order valence-electron chi connectivity index (χ0n) is 18.0. The molecule has 0 saturated carbocycles. The van der Waals surface area contributed by atoms with Gasteiger partial charge in [0.15, 0.2) is 11.5 Å². The predicted octanol–water partition coefficient (Wildman–Crippen LogP) is 5.23. The number of carbonyl (C=O) groups excluding carboxylic acids is 1. The van der Waals surface area contributed by atoms with E-state index in [0.717, 1.165) is 48.3 Å². The molecule has 4 rings (SSSR count). The van der Waals surface area contributed by atoms with Crippen molar-refractivity contribution in [1.82, 2.24) is 5.32 Å². The third-order valence-electron chi connectivity index (χ3n) is 5.64. The first-order valence-corrected chi connectivity index (χ1v) is 10.9. The van der Waals surface area contributed by atoms with Crippen LogP contribution in [0.15, 0.2) is 72.8 Å². The Balaban J connectivity index is 1.60. The Morgan fingerprint density at radius 3 is 2.19 bits per heavy atom. The normalized spacial score (nSPS) is 15.5. The third kappa shape index (κ3) is 5.66. The average Bonchev–Trinajstić information content (AvgIpc) is 2.99. The van der Waals surface area contributed by atoms with Crippen molar-refractivity contribution in [2.75, 3.05) is 0 Å². The molecule has 31 heavy (non-hydrogen) atoms. The number of hydrogen-bond acceptors (Lipinski definition) is 3. The van der Waals surface area contributed by atoms with E-state index in [1.807, 2.05) is 42.5 Å². The molecule has 0 bridgehead atoms. The largest absolute Gasteiger partial charge is 0.485 e. The van der Waals surface area contributed by atoms with E-state index in [1.165, 1.54) is 11.1 Å². The quantitative estimate of drug-likeness (QED) is 0.538. The number of rotatable bonds is 7. The predicted molar refractivity (Wildman–Crippen MR) is 122 cm³/mol. The Bertz CT molecular complexity index is 1000. The van der Waals surface area contributed by atoms with Gasteiger partial charge in [0.25, 0.3) is 0 Å². The number of benzene rings is 3. The van der Waals surface area contributed by atoms with E-state index in [4.69, 9.17) is 9.47 Å². The maximum Gasteiger partial charge on any atom is 0.217 e. The van der Waals surface area contributed by atoms with Gasteiger partial charge >= 0.3 is 0 Å². The summed E-state index contributed by atoms with van der Waals surface area (Å²) in [7, 11) is 0. The Kier molecular flexibility index (Phi) is 6.88. The van der Waals surface area contributed by atoms with Crippen molar-refractivity contribution in [2.24, 2.45) is 0 Å². The summed E-state index contributed by atoms with van der Waals surface area (Å²) in [5.74, 6) is 1.63. The fraction of sp³-hybridized carbons (Fsp3) is 0.296. The standard InChI is InChI=1S/C27H29NO3/c1-20(29)28-24-13-8-14-25-23(17-24)15-16-26(30-18-21-9-4-2-5-10-21)27(25)31-19-22-11-6-3-7-12-22/h2-7,9-12,15-16,24H,8,13-14,17-19H2,1H3,(H,28,29). The monoisotopic (exact) mass is 415 g/mol. The van der Waals surface area contributed by atoms with Crippen molar-refractivity contribution in [1.29, 1.82) is 0 Å². The number of hydrogen-bond donors (Lipinski definition) is 1. The van der Waals surface area contributed by atoms with Crippen molar-refractivity contribution in [3.63, 3.8) is 0 Å². The molecule has 4 heteroatoms. The Morgan fingerprint density at radius 1 is 0.903 bits per heavy atom. The van der Waals surface area contributed by atoms with Crippen LogP contribution >= 0.6 is 0 Å². The SMILES string of the molecule is CC(=O)NC1CCCc2c(ccc(OCc3ccccc3)c2OCc2ccccc2)C1. The lowest BCUT2D eigenvalue weighted by molar-refractivity contribution is -0.119. The van der Waals surface area contributed by atoms with Gasteiger partial charge in [-0.05, 0) is 48.4 Å². The van der Waals surface area contributed by atoms with Crippen LogP contribution in [0.25, 0.3) is 0 Å².